The molecule has 19 heavy (non-hydrogen) atoms. The van der Waals surface area contributed by atoms with Crippen molar-refractivity contribution in [3.05, 3.63) is 56.2 Å². The molecule has 0 fully saturated rings. The van der Waals surface area contributed by atoms with Crippen LogP contribution in [0, 0.1) is 12.7 Å². The first-order valence-electron chi connectivity index (χ1n) is 5.80. The van der Waals surface area contributed by atoms with E-state index in [-0.39, 0.29) is 11.4 Å². The van der Waals surface area contributed by atoms with Crippen LogP contribution in [-0.2, 0) is 6.42 Å². The predicted molar refractivity (Wildman–Crippen MR) is 75.9 cm³/mol. The minimum atomic E-state index is -0.275. The minimum absolute atomic E-state index is 0.226. The smallest absolute Gasteiger partial charge is 0.280 e. The molecule has 1 heterocycles. The Hall–Kier alpha value is -1.69. The van der Waals surface area contributed by atoms with Gasteiger partial charge in [0.15, 0.2) is 0 Å². The van der Waals surface area contributed by atoms with E-state index in [4.69, 9.17) is 0 Å². The first-order valence-corrected chi connectivity index (χ1v) is 6.59. The molecule has 0 bridgehead atoms. The highest BCUT2D eigenvalue weighted by Gasteiger charge is 2.04. The highest BCUT2D eigenvalue weighted by Crippen LogP contribution is 2.16. The van der Waals surface area contributed by atoms with Crippen LogP contribution in [0.25, 0.3) is 0 Å². The molecule has 0 spiro atoms. The van der Waals surface area contributed by atoms with Crippen molar-refractivity contribution in [1.82, 2.24) is 10.2 Å². The van der Waals surface area contributed by atoms with Gasteiger partial charge in [-0.2, -0.15) is 5.10 Å². The van der Waals surface area contributed by atoms with Crippen molar-refractivity contribution in [1.29, 1.82) is 0 Å². The van der Waals surface area contributed by atoms with E-state index in [1.165, 1.54) is 12.1 Å². The standard InChI is InChI=1S/C13H13BrFN3O/c1-8-6-10(15)3-2-9(8)4-5-16-11-7-17-18-13(19)12(11)14/h2-3,6-7H,4-5H2,1H3,(H2,16,18,19). The maximum atomic E-state index is 13.0. The number of rotatable bonds is 4. The molecular weight excluding hydrogens is 313 g/mol. The van der Waals surface area contributed by atoms with Gasteiger partial charge in [-0.1, -0.05) is 6.07 Å². The zero-order chi connectivity index (χ0) is 13.8. The molecule has 0 aliphatic carbocycles. The summed E-state index contributed by atoms with van der Waals surface area (Å²) in [6.45, 7) is 2.51. The van der Waals surface area contributed by atoms with Gasteiger partial charge in [-0.15, -0.1) is 0 Å². The van der Waals surface area contributed by atoms with Crippen molar-refractivity contribution < 1.29 is 4.39 Å². The lowest BCUT2D eigenvalue weighted by Gasteiger charge is -2.09. The van der Waals surface area contributed by atoms with Gasteiger partial charge >= 0.3 is 0 Å². The van der Waals surface area contributed by atoms with Crippen LogP contribution in [0.15, 0.2) is 33.7 Å². The highest BCUT2D eigenvalue weighted by atomic mass is 79.9. The number of hydrogen-bond donors (Lipinski definition) is 2. The lowest BCUT2D eigenvalue weighted by atomic mass is 10.1. The molecule has 0 amide bonds. The van der Waals surface area contributed by atoms with Crippen LogP contribution in [0.4, 0.5) is 10.1 Å². The summed E-state index contributed by atoms with van der Waals surface area (Å²) in [6.07, 6.45) is 2.29. The van der Waals surface area contributed by atoms with Crippen LogP contribution in [0.1, 0.15) is 11.1 Å². The van der Waals surface area contributed by atoms with E-state index in [1.54, 1.807) is 12.3 Å². The van der Waals surface area contributed by atoms with Crippen molar-refractivity contribution in [3.63, 3.8) is 0 Å². The van der Waals surface area contributed by atoms with Crippen LogP contribution in [0.3, 0.4) is 0 Å². The molecule has 1 aromatic heterocycles. The van der Waals surface area contributed by atoms with Crippen LogP contribution in [0.5, 0.6) is 0 Å². The second-order valence-corrected chi connectivity index (χ2v) is 4.97. The van der Waals surface area contributed by atoms with E-state index in [2.05, 4.69) is 31.4 Å². The Bertz CT molecular complexity index is 642. The fourth-order valence-corrected chi connectivity index (χ4v) is 2.11. The topological polar surface area (TPSA) is 57.8 Å². The Labute approximate surface area is 118 Å². The molecule has 0 aliphatic rings. The summed E-state index contributed by atoms with van der Waals surface area (Å²) in [4.78, 5) is 11.3. The zero-order valence-corrected chi connectivity index (χ0v) is 11.9. The third-order valence-electron chi connectivity index (χ3n) is 2.81. The average molecular weight is 326 g/mol. The molecule has 100 valence electrons. The number of aryl methyl sites for hydroxylation is 1. The van der Waals surface area contributed by atoms with Gasteiger partial charge in [0, 0.05) is 6.54 Å². The van der Waals surface area contributed by atoms with E-state index in [0.717, 1.165) is 17.5 Å². The fourth-order valence-electron chi connectivity index (χ4n) is 1.78. The van der Waals surface area contributed by atoms with E-state index in [1.807, 2.05) is 6.92 Å². The van der Waals surface area contributed by atoms with Crippen molar-refractivity contribution in [3.8, 4) is 0 Å². The molecule has 6 heteroatoms. The highest BCUT2D eigenvalue weighted by molar-refractivity contribution is 9.10. The number of H-pyrrole nitrogens is 1. The van der Waals surface area contributed by atoms with Crippen molar-refractivity contribution >= 4 is 21.6 Å². The molecule has 0 saturated heterocycles. The predicted octanol–water partition coefficient (Wildman–Crippen LogP) is 2.63. The number of aromatic nitrogens is 2. The Balaban J connectivity index is 2.00. The quantitative estimate of drug-likeness (QED) is 0.908. The molecule has 4 nitrogen and oxygen atoms in total. The lowest BCUT2D eigenvalue weighted by molar-refractivity contribution is 0.625. The van der Waals surface area contributed by atoms with E-state index in [9.17, 15) is 9.18 Å². The molecule has 0 saturated carbocycles. The molecule has 0 unspecified atom stereocenters. The Morgan fingerprint density at radius 3 is 3.00 bits per heavy atom. The molecule has 2 N–H and O–H groups in total. The van der Waals surface area contributed by atoms with Gasteiger partial charge in [-0.25, -0.2) is 9.49 Å². The second kappa shape index (κ2) is 5.97. The normalized spacial score (nSPS) is 10.5. The summed E-state index contributed by atoms with van der Waals surface area (Å²) >= 11 is 3.19. The van der Waals surface area contributed by atoms with Crippen molar-refractivity contribution in [2.24, 2.45) is 0 Å². The largest absolute Gasteiger partial charge is 0.382 e. The maximum absolute atomic E-state index is 13.0. The SMILES string of the molecule is Cc1cc(F)ccc1CCNc1cn[nH]c(=O)c1Br. The van der Waals surface area contributed by atoms with Gasteiger partial charge in [0.05, 0.1) is 11.9 Å². The van der Waals surface area contributed by atoms with Gasteiger partial charge in [0.2, 0.25) is 0 Å². The number of halogens is 2. The van der Waals surface area contributed by atoms with Crippen molar-refractivity contribution in [2.75, 3.05) is 11.9 Å². The number of nitrogens with zero attached hydrogens (tertiary/aromatic N) is 1. The van der Waals surface area contributed by atoms with Crippen molar-refractivity contribution in [2.45, 2.75) is 13.3 Å². The molecule has 0 aliphatic heterocycles. The van der Waals surface area contributed by atoms with Gasteiger partial charge in [0.1, 0.15) is 10.3 Å². The number of benzene rings is 1. The summed E-state index contributed by atoms with van der Waals surface area (Å²) in [7, 11) is 0. The summed E-state index contributed by atoms with van der Waals surface area (Å²) in [5, 5.41) is 9.17. The summed E-state index contributed by atoms with van der Waals surface area (Å²) < 4.78 is 13.4. The van der Waals surface area contributed by atoms with Gasteiger partial charge in [0.25, 0.3) is 5.56 Å². The maximum Gasteiger partial charge on any atom is 0.280 e. The fraction of sp³-hybridized carbons (Fsp3) is 0.231. The molecule has 2 aromatic rings. The Morgan fingerprint density at radius 1 is 1.47 bits per heavy atom. The molecule has 1 aromatic carbocycles. The van der Waals surface area contributed by atoms with Gasteiger partial charge in [-0.3, -0.25) is 4.79 Å². The average Bonchev–Trinajstić information content (AvgIpc) is 2.37. The second-order valence-electron chi connectivity index (χ2n) is 4.17. The molecule has 0 atom stereocenters. The zero-order valence-electron chi connectivity index (χ0n) is 10.3. The first-order chi connectivity index (χ1) is 9.08. The summed E-state index contributed by atoms with van der Waals surface area (Å²) in [6, 6.07) is 4.74. The molecule has 0 radical (unpaired) electrons. The van der Waals surface area contributed by atoms with E-state index >= 15 is 0 Å². The minimum Gasteiger partial charge on any atom is -0.382 e. The molecule has 2 rings (SSSR count). The first kappa shape index (κ1) is 13.7. The van der Waals surface area contributed by atoms with Gasteiger partial charge in [-0.05, 0) is 52.5 Å². The molecular formula is C13H13BrFN3O. The number of hydrogen-bond acceptors (Lipinski definition) is 3. The number of anilines is 1. The van der Waals surface area contributed by atoms with Gasteiger partial charge < -0.3 is 5.32 Å². The number of nitrogens with one attached hydrogen (secondary N) is 2. The summed E-state index contributed by atoms with van der Waals surface area (Å²) in [5.41, 5.74) is 2.36. The van der Waals surface area contributed by atoms with Crippen LogP contribution >= 0.6 is 15.9 Å². The Kier molecular flexibility index (Phi) is 4.31. The summed E-state index contributed by atoms with van der Waals surface area (Å²) in [5.74, 6) is -0.226. The lowest BCUT2D eigenvalue weighted by Crippen LogP contribution is -2.14. The van der Waals surface area contributed by atoms with Crippen LogP contribution in [-0.4, -0.2) is 16.7 Å². The third kappa shape index (κ3) is 3.41. The third-order valence-corrected chi connectivity index (χ3v) is 3.60. The van der Waals surface area contributed by atoms with Crippen LogP contribution in [0.2, 0.25) is 0 Å². The number of aromatic amines is 1. The van der Waals surface area contributed by atoms with E-state index < -0.39 is 0 Å². The van der Waals surface area contributed by atoms with Crippen LogP contribution < -0.4 is 10.9 Å². The Morgan fingerprint density at radius 2 is 2.26 bits per heavy atom. The monoisotopic (exact) mass is 325 g/mol. The van der Waals surface area contributed by atoms with E-state index in [0.29, 0.717) is 16.7 Å².